The average molecular weight is 231 g/mol. The molecule has 3 heteroatoms. The summed E-state index contributed by atoms with van der Waals surface area (Å²) >= 11 is 1.23. The van der Waals surface area contributed by atoms with Gasteiger partial charge in [0.1, 0.15) is 0 Å². The number of carbonyl (C=O) groups excluding carboxylic acids is 1. The van der Waals surface area contributed by atoms with Crippen LogP contribution in [0.4, 0.5) is 4.79 Å². The number of thioether (sulfide) groups is 1. The minimum absolute atomic E-state index is 0.00205. The van der Waals surface area contributed by atoms with Crippen molar-refractivity contribution in [1.29, 1.82) is 0 Å². The second kappa shape index (κ2) is 5.03. The molecule has 0 aliphatic rings. The van der Waals surface area contributed by atoms with Gasteiger partial charge in [0.05, 0.1) is 0 Å². The summed E-state index contributed by atoms with van der Waals surface area (Å²) in [5.41, 5.74) is 0. The first-order valence-electron chi connectivity index (χ1n) is 5.24. The van der Waals surface area contributed by atoms with E-state index in [1.807, 2.05) is 37.3 Å². The normalized spacial score (nSPS) is 10.3. The molecule has 1 N–H and O–H groups in total. The predicted octanol–water partition coefficient (Wildman–Crippen LogP) is 3.66. The molecule has 2 aromatic rings. The third-order valence-electron chi connectivity index (χ3n) is 2.25. The van der Waals surface area contributed by atoms with Gasteiger partial charge in [0.2, 0.25) is 0 Å². The molecule has 0 atom stereocenters. The second-order valence-electron chi connectivity index (χ2n) is 3.43. The third kappa shape index (κ3) is 2.55. The van der Waals surface area contributed by atoms with Crippen LogP contribution in [0, 0.1) is 0 Å². The molecule has 0 aliphatic heterocycles. The minimum atomic E-state index is -0.00205. The SMILES string of the molecule is CCNC(=O)Sc1ccc2ccccc2c1. The Balaban J connectivity index is 2.22. The quantitative estimate of drug-likeness (QED) is 0.799. The van der Waals surface area contributed by atoms with Crippen molar-refractivity contribution in [3.63, 3.8) is 0 Å². The fraction of sp³-hybridized carbons (Fsp3) is 0.154. The van der Waals surface area contributed by atoms with E-state index in [1.165, 1.54) is 17.1 Å². The van der Waals surface area contributed by atoms with Crippen molar-refractivity contribution in [3.8, 4) is 0 Å². The van der Waals surface area contributed by atoms with Crippen LogP contribution in [0.3, 0.4) is 0 Å². The Morgan fingerprint density at radius 2 is 1.94 bits per heavy atom. The lowest BCUT2D eigenvalue weighted by Gasteiger charge is -2.03. The van der Waals surface area contributed by atoms with Gasteiger partial charge in [-0.1, -0.05) is 30.3 Å². The summed E-state index contributed by atoms with van der Waals surface area (Å²) in [5, 5.41) is 5.12. The van der Waals surface area contributed by atoms with Crippen molar-refractivity contribution in [2.45, 2.75) is 11.8 Å². The third-order valence-corrected chi connectivity index (χ3v) is 3.07. The van der Waals surface area contributed by atoms with Gasteiger partial charge in [0, 0.05) is 11.4 Å². The van der Waals surface area contributed by atoms with Crippen LogP contribution in [0.1, 0.15) is 6.92 Å². The highest BCUT2D eigenvalue weighted by molar-refractivity contribution is 8.13. The summed E-state index contributed by atoms with van der Waals surface area (Å²) in [6.45, 7) is 2.58. The molecule has 0 heterocycles. The van der Waals surface area contributed by atoms with Crippen LogP contribution >= 0.6 is 11.8 Å². The molecule has 82 valence electrons. The van der Waals surface area contributed by atoms with E-state index in [-0.39, 0.29) is 5.24 Å². The summed E-state index contributed by atoms with van der Waals surface area (Å²) in [6.07, 6.45) is 0. The molecule has 0 saturated heterocycles. The van der Waals surface area contributed by atoms with E-state index < -0.39 is 0 Å². The Labute approximate surface area is 99.0 Å². The number of carbonyl (C=O) groups is 1. The van der Waals surface area contributed by atoms with Crippen molar-refractivity contribution in [2.24, 2.45) is 0 Å². The predicted molar refractivity (Wildman–Crippen MR) is 68.9 cm³/mol. The molecule has 0 aliphatic carbocycles. The highest BCUT2D eigenvalue weighted by Gasteiger charge is 2.03. The maximum absolute atomic E-state index is 11.4. The first-order valence-corrected chi connectivity index (χ1v) is 6.05. The molecule has 0 radical (unpaired) electrons. The van der Waals surface area contributed by atoms with Gasteiger partial charge in [-0.2, -0.15) is 0 Å². The molecule has 0 fully saturated rings. The van der Waals surface area contributed by atoms with Gasteiger partial charge in [0.15, 0.2) is 0 Å². The number of nitrogens with one attached hydrogen (secondary N) is 1. The molecule has 0 saturated carbocycles. The van der Waals surface area contributed by atoms with E-state index in [0.29, 0.717) is 6.54 Å². The Morgan fingerprint density at radius 3 is 2.69 bits per heavy atom. The first kappa shape index (κ1) is 11.0. The number of hydrogen-bond acceptors (Lipinski definition) is 2. The minimum Gasteiger partial charge on any atom is -0.347 e. The number of fused-ring (bicyclic) bond motifs is 1. The zero-order valence-electron chi connectivity index (χ0n) is 9.07. The van der Waals surface area contributed by atoms with Gasteiger partial charge in [-0.05, 0) is 41.6 Å². The van der Waals surface area contributed by atoms with Gasteiger partial charge < -0.3 is 5.32 Å². The van der Waals surface area contributed by atoms with Crippen molar-refractivity contribution in [2.75, 3.05) is 6.54 Å². The maximum atomic E-state index is 11.4. The molecule has 2 rings (SSSR count). The van der Waals surface area contributed by atoms with Crippen LogP contribution in [-0.4, -0.2) is 11.8 Å². The standard InChI is InChI=1S/C13H13NOS/c1-2-14-13(15)16-12-8-7-10-5-3-4-6-11(10)9-12/h3-9H,2H2,1H3,(H,14,15). The molecule has 2 aromatic carbocycles. The van der Waals surface area contributed by atoms with Crippen LogP contribution < -0.4 is 5.32 Å². The first-order chi connectivity index (χ1) is 7.79. The molecule has 2 nitrogen and oxygen atoms in total. The van der Waals surface area contributed by atoms with Crippen molar-refractivity contribution in [3.05, 3.63) is 42.5 Å². The number of amides is 1. The van der Waals surface area contributed by atoms with E-state index in [4.69, 9.17) is 0 Å². The van der Waals surface area contributed by atoms with Gasteiger partial charge in [0.25, 0.3) is 5.24 Å². The monoisotopic (exact) mass is 231 g/mol. The second-order valence-corrected chi connectivity index (χ2v) is 4.48. The molecule has 0 bridgehead atoms. The topological polar surface area (TPSA) is 29.1 Å². The molecular formula is C13H13NOS. The van der Waals surface area contributed by atoms with Crippen molar-refractivity contribution in [1.82, 2.24) is 5.32 Å². The van der Waals surface area contributed by atoms with E-state index in [9.17, 15) is 4.79 Å². The highest BCUT2D eigenvalue weighted by atomic mass is 32.2. The lowest BCUT2D eigenvalue weighted by Crippen LogP contribution is -2.16. The zero-order valence-corrected chi connectivity index (χ0v) is 9.88. The molecule has 0 unspecified atom stereocenters. The fourth-order valence-corrected chi connectivity index (χ4v) is 2.27. The van der Waals surface area contributed by atoms with Crippen LogP contribution in [-0.2, 0) is 0 Å². The maximum Gasteiger partial charge on any atom is 0.283 e. The summed E-state index contributed by atoms with van der Waals surface area (Å²) in [7, 11) is 0. The van der Waals surface area contributed by atoms with Crippen LogP contribution in [0.25, 0.3) is 10.8 Å². The lowest BCUT2D eigenvalue weighted by molar-refractivity contribution is 0.261. The average Bonchev–Trinajstić information content (AvgIpc) is 2.29. The lowest BCUT2D eigenvalue weighted by atomic mass is 10.1. The molecular weight excluding hydrogens is 218 g/mol. The summed E-state index contributed by atoms with van der Waals surface area (Å²) in [6, 6.07) is 14.2. The van der Waals surface area contributed by atoms with Gasteiger partial charge in [-0.15, -0.1) is 0 Å². The van der Waals surface area contributed by atoms with Crippen LogP contribution in [0.15, 0.2) is 47.4 Å². The Hall–Kier alpha value is -1.48. The molecule has 0 aromatic heterocycles. The van der Waals surface area contributed by atoms with Crippen molar-refractivity contribution < 1.29 is 4.79 Å². The van der Waals surface area contributed by atoms with Crippen molar-refractivity contribution >= 4 is 27.8 Å². The fourth-order valence-electron chi connectivity index (χ4n) is 1.52. The molecule has 1 amide bonds. The van der Waals surface area contributed by atoms with E-state index >= 15 is 0 Å². The van der Waals surface area contributed by atoms with Gasteiger partial charge in [-0.25, -0.2) is 0 Å². The number of hydrogen-bond donors (Lipinski definition) is 1. The molecule has 0 spiro atoms. The Kier molecular flexibility index (Phi) is 3.47. The summed E-state index contributed by atoms with van der Waals surface area (Å²) in [5.74, 6) is 0. The van der Waals surface area contributed by atoms with Gasteiger partial charge in [-0.3, -0.25) is 4.79 Å². The Bertz CT molecular complexity index is 510. The zero-order chi connectivity index (χ0) is 11.4. The number of benzene rings is 2. The van der Waals surface area contributed by atoms with Crippen LogP contribution in [0.5, 0.6) is 0 Å². The summed E-state index contributed by atoms with van der Waals surface area (Å²) < 4.78 is 0. The summed E-state index contributed by atoms with van der Waals surface area (Å²) in [4.78, 5) is 12.4. The van der Waals surface area contributed by atoms with Gasteiger partial charge >= 0.3 is 0 Å². The van der Waals surface area contributed by atoms with E-state index in [2.05, 4.69) is 17.4 Å². The number of rotatable bonds is 2. The molecule has 16 heavy (non-hydrogen) atoms. The highest BCUT2D eigenvalue weighted by Crippen LogP contribution is 2.23. The Morgan fingerprint density at radius 1 is 1.19 bits per heavy atom. The van der Waals surface area contributed by atoms with E-state index in [1.54, 1.807) is 0 Å². The van der Waals surface area contributed by atoms with E-state index in [0.717, 1.165) is 10.3 Å². The smallest absolute Gasteiger partial charge is 0.283 e. The largest absolute Gasteiger partial charge is 0.347 e. The van der Waals surface area contributed by atoms with Crippen LogP contribution in [0.2, 0.25) is 0 Å².